The van der Waals surface area contributed by atoms with Crippen molar-refractivity contribution in [1.29, 1.82) is 0 Å². The number of hydrogen-bond donors (Lipinski definition) is 0. The molecule has 0 aliphatic carbocycles. The lowest BCUT2D eigenvalue weighted by molar-refractivity contribution is -0.122. The summed E-state index contributed by atoms with van der Waals surface area (Å²) in [6.45, 7) is 0. The van der Waals surface area contributed by atoms with E-state index in [-0.39, 0.29) is 5.91 Å². The molecule has 0 N–H and O–H groups in total. The fourth-order valence-electron chi connectivity index (χ4n) is 0.860. The van der Waals surface area contributed by atoms with Crippen LogP contribution >= 0.6 is 0 Å². The quantitative estimate of drug-likeness (QED) is 0.467. The van der Waals surface area contributed by atoms with Crippen LogP contribution < -0.4 is 0 Å². The summed E-state index contributed by atoms with van der Waals surface area (Å²) in [5.41, 5.74) is 0.639. The van der Waals surface area contributed by atoms with Gasteiger partial charge in [-0.25, -0.2) is 4.99 Å². The Labute approximate surface area is 56.9 Å². The van der Waals surface area contributed by atoms with Gasteiger partial charge in [0.15, 0.2) is 0 Å². The first-order chi connectivity index (χ1) is 4.88. The molecule has 50 valence electrons. The Bertz CT molecular complexity index is 265. The fraction of sp³-hybridized carbons (Fsp3) is 0.167. The zero-order chi connectivity index (χ0) is 6.97. The summed E-state index contributed by atoms with van der Waals surface area (Å²) < 4.78 is 4.89. The Balaban J connectivity index is 2.40. The third-order valence-electron chi connectivity index (χ3n) is 1.34. The molecule has 2 heterocycles. The van der Waals surface area contributed by atoms with Crippen molar-refractivity contribution < 1.29 is 9.53 Å². The summed E-state index contributed by atoms with van der Waals surface area (Å²) in [4.78, 5) is 18.1. The van der Waals surface area contributed by atoms with Gasteiger partial charge in [-0.05, 0) is 6.08 Å². The Kier molecular flexibility index (Phi) is 0.943. The topological polar surface area (TPSA) is 51.0 Å². The number of amides is 1. The minimum atomic E-state index is -0.565. The van der Waals surface area contributed by atoms with Crippen molar-refractivity contribution in [2.75, 3.05) is 0 Å². The van der Waals surface area contributed by atoms with Crippen molar-refractivity contribution >= 4 is 18.0 Å². The molecule has 0 aromatic rings. The Morgan fingerprint density at radius 2 is 2.50 bits per heavy atom. The Morgan fingerprint density at radius 3 is 3.30 bits per heavy atom. The van der Waals surface area contributed by atoms with Gasteiger partial charge in [0.1, 0.15) is 6.34 Å². The molecule has 10 heavy (non-hydrogen) atoms. The second-order valence-corrected chi connectivity index (χ2v) is 1.96. The maximum absolute atomic E-state index is 10.8. The van der Waals surface area contributed by atoms with E-state index in [4.69, 9.17) is 4.74 Å². The summed E-state index contributed by atoms with van der Waals surface area (Å²) in [5, 5.41) is 0. The van der Waals surface area contributed by atoms with Gasteiger partial charge in [0.2, 0.25) is 6.10 Å². The molecule has 0 bridgehead atoms. The molecule has 0 spiro atoms. The first-order valence-corrected chi connectivity index (χ1v) is 2.84. The lowest BCUT2D eigenvalue weighted by Gasteiger charge is -2.07. The van der Waals surface area contributed by atoms with Gasteiger partial charge in [-0.1, -0.05) is 0 Å². The van der Waals surface area contributed by atoms with Gasteiger partial charge in [-0.2, -0.15) is 4.99 Å². The number of nitrogens with zero attached hydrogens (tertiary/aromatic N) is 2. The van der Waals surface area contributed by atoms with E-state index < -0.39 is 6.10 Å². The van der Waals surface area contributed by atoms with Gasteiger partial charge in [0, 0.05) is 0 Å². The molecule has 2 aliphatic rings. The van der Waals surface area contributed by atoms with Crippen LogP contribution in [0.25, 0.3) is 0 Å². The molecular formula is C6H4N2O2. The number of ether oxygens (including phenoxy) is 1. The predicted molar refractivity (Wildman–Crippen MR) is 34.9 cm³/mol. The number of fused-ring (bicyclic) bond motifs is 1. The maximum Gasteiger partial charge on any atom is 0.294 e. The van der Waals surface area contributed by atoms with Crippen molar-refractivity contribution in [3.8, 4) is 0 Å². The van der Waals surface area contributed by atoms with Crippen molar-refractivity contribution in [3.63, 3.8) is 0 Å². The van der Waals surface area contributed by atoms with Crippen LogP contribution in [0.4, 0.5) is 0 Å². The SMILES string of the molecule is O=C1N=CN=C2C=COC12. The second kappa shape index (κ2) is 1.76. The number of hydrogen-bond acceptors (Lipinski definition) is 3. The molecule has 1 atom stereocenters. The summed E-state index contributed by atoms with van der Waals surface area (Å²) >= 11 is 0. The van der Waals surface area contributed by atoms with Crippen molar-refractivity contribution in [2.45, 2.75) is 6.10 Å². The highest BCUT2D eigenvalue weighted by atomic mass is 16.5. The summed E-state index contributed by atoms with van der Waals surface area (Å²) in [6, 6.07) is 0. The fourth-order valence-corrected chi connectivity index (χ4v) is 0.860. The Hall–Kier alpha value is -1.45. The zero-order valence-electron chi connectivity index (χ0n) is 5.02. The van der Waals surface area contributed by atoms with E-state index in [9.17, 15) is 4.79 Å². The monoisotopic (exact) mass is 136 g/mol. The molecule has 2 aliphatic heterocycles. The van der Waals surface area contributed by atoms with Crippen LogP contribution in [0.1, 0.15) is 0 Å². The molecule has 1 amide bonds. The number of rotatable bonds is 0. The Morgan fingerprint density at radius 1 is 1.60 bits per heavy atom. The minimum Gasteiger partial charge on any atom is -0.482 e. The van der Waals surface area contributed by atoms with E-state index >= 15 is 0 Å². The summed E-state index contributed by atoms with van der Waals surface area (Å²) in [7, 11) is 0. The van der Waals surface area contributed by atoms with Crippen molar-refractivity contribution in [1.82, 2.24) is 0 Å². The van der Waals surface area contributed by atoms with E-state index in [0.29, 0.717) is 5.71 Å². The van der Waals surface area contributed by atoms with Gasteiger partial charge in [-0.3, -0.25) is 4.79 Å². The zero-order valence-corrected chi connectivity index (χ0v) is 5.02. The van der Waals surface area contributed by atoms with Gasteiger partial charge in [0.25, 0.3) is 5.91 Å². The largest absolute Gasteiger partial charge is 0.482 e. The van der Waals surface area contributed by atoms with Crippen molar-refractivity contribution in [2.24, 2.45) is 9.98 Å². The highest BCUT2D eigenvalue weighted by Crippen LogP contribution is 2.10. The molecule has 0 aromatic heterocycles. The van der Waals surface area contributed by atoms with Gasteiger partial charge < -0.3 is 4.74 Å². The number of aliphatic imine (C=N–C) groups is 2. The minimum absolute atomic E-state index is 0.282. The van der Waals surface area contributed by atoms with Crippen LogP contribution in [-0.2, 0) is 9.53 Å². The normalized spacial score (nSPS) is 27.8. The standard InChI is InChI=1S/C6H4N2O2/c9-6-5-4(1-2-10-5)7-3-8-6/h1-3,5H. The molecule has 4 heteroatoms. The first-order valence-electron chi connectivity index (χ1n) is 2.84. The van der Waals surface area contributed by atoms with Gasteiger partial charge in [-0.15, -0.1) is 0 Å². The average Bonchev–Trinajstić information content (AvgIpc) is 2.36. The van der Waals surface area contributed by atoms with Crippen LogP contribution in [0, 0.1) is 0 Å². The lowest BCUT2D eigenvalue weighted by atomic mass is 10.2. The molecule has 0 radical (unpaired) electrons. The molecule has 1 unspecified atom stereocenters. The van der Waals surface area contributed by atoms with E-state index in [1.807, 2.05) is 0 Å². The molecule has 0 fully saturated rings. The van der Waals surface area contributed by atoms with Gasteiger partial charge >= 0.3 is 0 Å². The first kappa shape index (κ1) is 5.34. The summed E-state index contributed by atoms with van der Waals surface area (Å²) in [5.74, 6) is -0.282. The van der Waals surface area contributed by atoms with Crippen LogP contribution in [0.5, 0.6) is 0 Å². The number of carbonyl (C=O) groups excluding carboxylic acids is 1. The molecule has 2 rings (SSSR count). The third kappa shape index (κ3) is 0.586. The smallest absolute Gasteiger partial charge is 0.294 e. The van der Waals surface area contributed by atoms with E-state index in [0.717, 1.165) is 0 Å². The van der Waals surface area contributed by atoms with Gasteiger partial charge in [0.05, 0.1) is 12.0 Å². The highest BCUT2D eigenvalue weighted by Gasteiger charge is 2.28. The van der Waals surface area contributed by atoms with Crippen molar-refractivity contribution in [3.05, 3.63) is 12.3 Å². The lowest BCUT2D eigenvalue weighted by Crippen LogP contribution is -2.28. The molecule has 4 nitrogen and oxygen atoms in total. The second-order valence-electron chi connectivity index (χ2n) is 1.96. The van der Waals surface area contributed by atoms with Crippen LogP contribution in [-0.4, -0.2) is 24.1 Å². The van der Waals surface area contributed by atoms with Crippen LogP contribution in [0.2, 0.25) is 0 Å². The molecular weight excluding hydrogens is 132 g/mol. The average molecular weight is 136 g/mol. The van der Waals surface area contributed by atoms with Crippen LogP contribution in [0.15, 0.2) is 22.3 Å². The van der Waals surface area contributed by atoms with E-state index in [1.165, 1.54) is 12.6 Å². The maximum atomic E-state index is 10.8. The molecule has 0 saturated carbocycles. The molecule has 0 aromatic carbocycles. The van der Waals surface area contributed by atoms with Crippen LogP contribution in [0.3, 0.4) is 0 Å². The van der Waals surface area contributed by atoms with E-state index in [2.05, 4.69) is 9.98 Å². The summed E-state index contributed by atoms with van der Waals surface area (Å²) in [6.07, 6.45) is 3.79. The van der Waals surface area contributed by atoms with E-state index in [1.54, 1.807) is 6.08 Å². The number of carbonyl (C=O) groups is 1. The third-order valence-corrected chi connectivity index (χ3v) is 1.34. The predicted octanol–water partition coefficient (Wildman–Crippen LogP) is -0.0916. The molecule has 0 saturated heterocycles. The highest BCUT2D eigenvalue weighted by molar-refractivity contribution is 6.19.